The van der Waals surface area contributed by atoms with E-state index in [1.54, 1.807) is 7.11 Å². The Balaban J connectivity index is 1.44. The highest BCUT2D eigenvalue weighted by molar-refractivity contribution is 6.21. The van der Waals surface area contributed by atoms with Crippen molar-refractivity contribution in [1.82, 2.24) is 10.6 Å². The number of carbonyl (C=O) groups is 3. The maximum Gasteiger partial charge on any atom is 0.329 e. The zero-order chi connectivity index (χ0) is 20.8. The van der Waals surface area contributed by atoms with Crippen LogP contribution in [0, 0.1) is 5.82 Å². The Hall–Kier alpha value is -3.42. The van der Waals surface area contributed by atoms with E-state index in [9.17, 15) is 18.8 Å². The predicted molar refractivity (Wildman–Crippen MR) is 105 cm³/mol. The van der Waals surface area contributed by atoms with Crippen molar-refractivity contribution in [3.8, 4) is 5.75 Å². The molecule has 0 radical (unpaired) electrons. The van der Waals surface area contributed by atoms with E-state index in [1.807, 2.05) is 24.3 Å². The van der Waals surface area contributed by atoms with E-state index in [0.29, 0.717) is 18.7 Å². The normalized spacial score (nSPS) is 15.9. The van der Waals surface area contributed by atoms with Crippen molar-refractivity contribution in [3.63, 3.8) is 0 Å². The Bertz CT molecular complexity index is 884. The number of urea groups is 1. The van der Waals surface area contributed by atoms with E-state index in [-0.39, 0.29) is 18.7 Å². The summed E-state index contributed by atoms with van der Waals surface area (Å²) in [6.07, 6.45) is 0.973. The first-order valence-corrected chi connectivity index (χ1v) is 9.27. The monoisotopic (exact) mass is 399 g/mol. The fraction of sp³-hybridized carbons (Fsp3) is 0.286. The zero-order valence-corrected chi connectivity index (χ0v) is 16.0. The Morgan fingerprint density at radius 1 is 1.14 bits per heavy atom. The van der Waals surface area contributed by atoms with Gasteiger partial charge in [-0.25, -0.2) is 14.1 Å². The number of hydrogen-bond donors (Lipinski definition) is 2. The first kappa shape index (κ1) is 20.3. The largest absolute Gasteiger partial charge is 0.497 e. The van der Waals surface area contributed by atoms with Crippen molar-refractivity contribution in [2.75, 3.05) is 18.6 Å². The molecule has 1 atom stereocenters. The molecule has 1 heterocycles. The molecule has 0 bridgehead atoms. The summed E-state index contributed by atoms with van der Waals surface area (Å²) in [5, 5.41) is 5.38. The molecule has 0 spiro atoms. The van der Waals surface area contributed by atoms with Gasteiger partial charge >= 0.3 is 6.03 Å². The molecule has 0 unspecified atom stereocenters. The van der Waals surface area contributed by atoms with Crippen LogP contribution in [0.1, 0.15) is 18.4 Å². The maximum absolute atomic E-state index is 13.0. The molecule has 0 aromatic heterocycles. The molecule has 8 heteroatoms. The smallest absolute Gasteiger partial charge is 0.329 e. The average molecular weight is 399 g/mol. The minimum atomic E-state index is -0.778. The van der Waals surface area contributed by atoms with Gasteiger partial charge < -0.3 is 15.4 Å². The lowest BCUT2D eigenvalue weighted by Gasteiger charge is -2.13. The van der Waals surface area contributed by atoms with Crippen molar-refractivity contribution in [2.24, 2.45) is 0 Å². The number of anilines is 1. The Labute approximate surface area is 167 Å². The first-order valence-electron chi connectivity index (χ1n) is 9.27. The molecule has 1 fully saturated rings. The minimum absolute atomic E-state index is 0.108. The molecular formula is C21H22FN3O4. The minimum Gasteiger partial charge on any atom is -0.497 e. The van der Waals surface area contributed by atoms with E-state index in [1.165, 1.54) is 24.3 Å². The van der Waals surface area contributed by atoms with Gasteiger partial charge in [-0.2, -0.15) is 0 Å². The molecular weight excluding hydrogens is 377 g/mol. The molecule has 3 rings (SSSR count). The van der Waals surface area contributed by atoms with Crippen LogP contribution in [0.15, 0.2) is 48.5 Å². The quantitative estimate of drug-likeness (QED) is 0.668. The van der Waals surface area contributed by atoms with Crippen LogP contribution in [0.2, 0.25) is 0 Å². The topological polar surface area (TPSA) is 87.7 Å². The number of nitrogens with zero attached hydrogens (tertiary/aromatic N) is 1. The SMILES string of the molecule is COc1ccc(CCNC(=O)CC[C@H]2NC(=O)N(c3ccc(F)cc3)C2=O)cc1. The molecule has 1 aliphatic rings. The second-order valence-corrected chi connectivity index (χ2v) is 6.64. The van der Waals surface area contributed by atoms with E-state index < -0.39 is 23.8 Å². The van der Waals surface area contributed by atoms with Gasteiger partial charge in [-0.3, -0.25) is 9.59 Å². The van der Waals surface area contributed by atoms with Crippen LogP contribution in [0.5, 0.6) is 5.75 Å². The number of amides is 4. The number of hydrogen-bond acceptors (Lipinski definition) is 4. The number of nitrogens with one attached hydrogen (secondary N) is 2. The van der Waals surface area contributed by atoms with Crippen LogP contribution < -0.4 is 20.3 Å². The molecule has 2 N–H and O–H groups in total. The zero-order valence-electron chi connectivity index (χ0n) is 16.0. The molecule has 0 aliphatic carbocycles. The van der Waals surface area contributed by atoms with Crippen LogP contribution in [0.4, 0.5) is 14.9 Å². The summed E-state index contributed by atoms with van der Waals surface area (Å²) in [5.41, 5.74) is 1.36. The molecule has 1 saturated heterocycles. The standard InChI is InChI=1S/C21H22FN3O4/c1-29-17-8-2-14(3-9-17)12-13-23-19(26)11-10-18-20(27)25(21(28)24-18)16-6-4-15(22)5-7-16/h2-9,18H,10-13H2,1H3,(H,23,26)(H,24,28)/t18-/m1/s1. The number of halogens is 1. The summed E-state index contributed by atoms with van der Waals surface area (Å²) in [5.74, 6) is -0.326. The third-order valence-corrected chi connectivity index (χ3v) is 4.66. The van der Waals surface area contributed by atoms with Crippen LogP contribution in [0.3, 0.4) is 0 Å². The molecule has 29 heavy (non-hydrogen) atoms. The van der Waals surface area contributed by atoms with E-state index in [2.05, 4.69) is 10.6 Å². The van der Waals surface area contributed by atoms with Gasteiger partial charge in [-0.05, 0) is 54.8 Å². The van der Waals surface area contributed by atoms with Crippen molar-refractivity contribution in [1.29, 1.82) is 0 Å². The van der Waals surface area contributed by atoms with Crippen LogP contribution in [-0.2, 0) is 16.0 Å². The van der Waals surface area contributed by atoms with Gasteiger partial charge in [0.1, 0.15) is 17.6 Å². The molecule has 1 aliphatic heterocycles. The van der Waals surface area contributed by atoms with Gasteiger partial charge in [0, 0.05) is 13.0 Å². The lowest BCUT2D eigenvalue weighted by atomic mass is 10.1. The van der Waals surface area contributed by atoms with Gasteiger partial charge in [0.25, 0.3) is 5.91 Å². The van der Waals surface area contributed by atoms with Crippen LogP contribution in [0.25, 0.3) is 0 Å². The summed E-state index contributed by atoms with van der Waals surface area (Å²) >= 11 is 0. The van der Waals surface area contributed by atoms with E-state index in [0.717, 1.165) is 16.2 Å². The number of carbonyl (C=O) groups excluding carboxylic acids is 3. The van der Waals surface area contributed by atoms with Crippen molar-refractivity contribution in [3.05, 3.63) is 59.9 Å². The number of methoxy groups -OCH3 is 1. The van der Waals surface area contributed by atoms with Gasteiger partial charge in [0.15, 0.2) is 0 Å². The Morgan fingerprint density at radius 2 is 1.83 bits per heavy atom. The summed E-state index contributed by atoms with van der Waals surface area (Å²) in [6, 6.07) is 11.3. The number of ether oxygens (including phenoxy) is 1. The number of imide groups is 1. The molecule has 2 aromatic rings. The molecule has 7 nitrogen and oxygen atoms in total. The highest BCUT2D eigenvalue weighted by atomic mass is 19.1. The molecule has 4 amide bonds. The second kappa shape index (κ2) is 9.18. The third kappa shape index (κ3) is 5.10. The molecule has 0 saturated carbocycles. The van der Waals surface area contributed by atoms with E-state index in [4.69, 9.17) is 4.74 Å². The van der Waals surface area contributed by atoms with Crippen molar-refractivity contribution in [2.45, 2.75) is 25.3 Å². The lowest BCUT2D eigenvalue weighted by molar-refractivity contribution is -0.121. The van der Waals surface area contributed by atoms with Crippen LogP contribution in [-0.4, -0.2) is 37.5 Å². The summed E-state index contributed by atoms with van der Waals surface area (Å²) in [6.45, 7) is 0.470. The number of benzene rings is 2. The average Bonchev–Trinajstić information content (AvgIpc) is 3.01. The van der Waals surface area contributed by atoms with E-state index >= 15 is 0 Å². The fourth-order valence-corrected chi connectivity index (χ4v) is 3.06. The summed E-state index contributed by atoms with van der Waals surface area (Å²) in [7, 11) is 1.60. The van der Waals surface area contributed by atoms with Crippen molar-refractivity contribution < 1.29 is 23.5 Å². The highest BCUT2D eigenvalue weighted by Gasteiger charge is 2.38. The summed E-state index contributed by atoms with van der Waals surface area (Å²) < 4.78 is 18.1. The van der Waals surface area contributed by atoms with Gasteiger partial charge in [0.05, 0.1) is 12.8 Å². The van der Waals surface area contributed by atoms with Crippen molar-refractivity contribution >= 4 is 23.5 Å². The Kier molecular flexibility index (Phi) is 6.43. The highest BCUT2D eigenvalue weighted by Crippen LogP contribution is 2.21. The van der Waals surface area contributed by atoms with Gasteiger partial charge in [-0.1, -0.05) is 12.1 Å². The van der Waals surface area contributed by atoms with Gasteiger partial charge in [0.2, 0.25) is 5.91 Å². The van der Waals surface area contributed by atoms with Gasteiger partial charge in [-0.15, -0.1) is 0 Å². The number of rotatable bonds is 8. The predicted octanol–water partition coefficient (Wildman–Crippen LogP) is 2.40. The molecule has 152 valence electrons. The summed E-state index contributed by atoms with van der Waals surface area (Å²) in [4.78, 5) is 37.6. The first-order chi connectivity index (χ1) is 14.0. The third-order valence-electron chi connectivity index (χ3n) is 4.66. The second-order valence-electron chi connectivity index (χ2n) is 6.64. The fourth-order valence-electron chi connectivity index (χ4n) is 3.06. The Morgan fingerprint density at radius 3 is 2.48 bits per heavy atom. The van der Waals surface area contributed by atoms with Crippen LogP contribution >= 0.6 is 0 Å². The lowest BCUT2D eigenvalue weighted by Crippen LogP contribution is -2.33. The molecule has 2 aromatic carbocycles. The maximum atomic E-state index is 13.0.